The first kappa shape index (κ1) is 18.5. The molecule has 0 aliphatic carbocycles. The number of nitrogens with one attached hydrogen (secondary N) is 2. The van der Waals surface area contributed by atoms with Crippen molar-refractivity contribution in [3.05, 3.63) is 35.4 Å². The summed E-state index contributed by atoms with van der Waals surface area (Å²) in [5, 5.41) is 3.07. The van der Waals surface area contributed by atoms with Crippen LogP contribution in [0.4, 0.5) is 0 Å². The predicted molar refractivity (Wildman–Crippen MR) is 92.0 cm³/mol. The molecule has 0 aromatic heterocycles. The molecule has 0 saturated carbocycles. The number of rotatable bonds is 10. The van der Waals surface area contributed by atoms with Gasteiger partial charge >= 0.3 is 0 Å². The van der Waals surface area contributed by atoms with Crippen LogP contribution in [0.3, 0.4) is 0 Å². The summed E-state index contributed by atoms with van der Waals surface area (Å²) in [5.74, 6) is 2.09. The molecule has 21 heavy (non-hydrogen) atoms. The van der Waals surface area contributed by atoms with Gasteiger partial charge in [-0.25, -0.2) is 13.1 Å². The van der Waals surface area contributed by atoms with Crippen LogP contribution in [-0.4, -0.2) is 33.0 Å². The van der Waals surface area contributed by atoms with Gasteiger partial charge in [-0.2, -0.15) is 11.8 Å². The minimum absolute atomic E-state index is 0.0189. The summed E-state index contributed by atoms with van der Waals surface area (Å²) >= 11 is 1.83. The Balaban J connectivity index is 2.57. The highest BCUT2D eigenvalue weighted by Gasteiger charge is 2.15. The van der Waals surface area contributed by atoms with Gasteiger partial charge in [-0.3, -0.25) is 0 Å². The van der Waals surface area contributed by atoms with Crippen LogP contribution >= 0.6 is 11.8 Å². The Morgan fingerprint density at radius 1 is 1.29 bits per heavy atom. The van der Waals surface area contributed by atoms with Crippen LogP contribution in [0, 0.1) is 0 Å². The van der Waals surface area contributed by atoms with Gasteiger partial charge in [0.2, 0.25) is 10.0 Å². The zero-order valence-electron chi connectivity index (χ0n) is 13.1. The molecule has 0 spiro atoms. The van der Waals surface area contributed by atoms with E-state index in [0.29, 0.717) is 0 Å². The topological polar surface area (TPSA) is 58.2 Å². The van der Waals surface area contributed by atoms with Gasteiger partial charge in [0.15, 0.2) is 0 Å². The summed E-state index contributed by atoms with van der Waals surface area (Å²) in [6.07, 6.45) is 0.859. The molecular formula is C15H26N2O2S2. The van der Waals surface area contributed by atoms with E-state index in [9.17, 15) is 8.42 Å². The average Bonchev–Trinajstić information content (AvgIpc) is 2.38. The molecule has 1 aromatic rings. The summed E-state index contributed by atoms with van der Waals surface area (Å²) in [6, 6.07) is 7.67. The lowest BCUT2D eigenvalue weighted by Crippen LogP contribution is -2.34. The molecule has 0 radical (unpaired) electrons. The van der Waals surface area contributed by atoms with Crippen LogP contribution in [0.5, 0.6) is 0 Å². The standard InChI is InChI=1S/C15H26N2O2S2/c1-4-20-9-8-13(2)17-21(18,19)12-15-7-5-6-14(10-15)11-16-3/h5-7,10,13,16-17H,4,8-9,11-12H2,1-3H3. The first-order chi connectivity index (χ1) is 9.96. The van der Waals surface area contributed by atoms with E-state index in [1.165, 1.54) is 0 Å². The van der Waals surface area contributed by atoms with E-state index in [2.05, 4.69) is 17.0 Å². The van der Waals surface area contributed by atoms with E-state index in [-0.39, 0.29) is 11.8 Å². The molecule has 1 atom stereocenters. The molecule has 0 aliphatic rings. The van der Waals surface area contributed by atoms with Gasteiger partial charge in [0, 0.05) is 12.6 Å². The van der Waals surface area contributed by atoms with Gasteiger partial charge in [0.1, 0.15) is 0 Å². The molecule has 120 valence electrons. The van der Waals surface area contributed by atoms with E-state index >= 15 is 0 Å². The fraction of sp³-hybridized carbons (Fsp3) is 0.600. The van der Waals surface area contributed by atoms with Gasteiger partial charge in [0.25, 0.3) is 0 Å². The van der Waals surface area contributed by atoms with E-state index in [1.807, 2.05) is 50.0 Å². The SMILES string of the molecule is CCSCCC(C)NS(=O)(=O)Cc1cccc(CNC)c1. The van der Waals surface area contributed by atoms with Crippen LogP contribution in [0.2, 0.25) is 0 Å². The summed E-state index contributed by atoms with van der Waals surface area (Å²) in [7, 11) is -1.41. The van der Waals surface area contributed by atoms with Crippen LogP contribution < -0.4 is 10.0 Å². The molecule has 0 bridgehead atoms. The van der Waals surface area contributed by atoms with E-state index in [0.717, 1.165) is 35.6 Å². The fourth-order valence-corrected chi connectivity index (χ4v) is 4.31. The third-order valence-corrected chi connectivity index (χ3v) is 5.42. The first-order valence-electron chi connectivity index (χ1n) is 7.27. The lowest BCUT2D eigenvalue weighted by atomic mass is 10.1. The number of sulfonamides is 1. The molecular weight excluding hydrogens is 304 g/mol. The first-order valence-corrected chi connectivity index (χ1v) is 10.1. The largest absolute Gasteiger partial charge is 0.316 e. The van der Waals surface area contributed by atoms with Crippen LogP contribution in [0.1, 0.15) is 31.4 Å². The summed E-state index contributed by atoms with van der Waals surface area (Å²) in [4.78, 5) is 0. The van der Waals surface area contributed by atoms with Crippen LogP contribution in [0.25, 0.3) is 0 Å². The molecule has 1 unspecified atom stereocenters. The molecule has 0 saturated heterocycles. The van der Waals surface area contributed by atoms with E-state index in [4.69, 9.17) is 0 Å². The number of hydrogen-bond acceptors (Lipinski definition) is 4. The van der Waals surface area contributed by atoms with Gasteiger partial charge in [-0.15, -0.1) is 0 Å². The number of hydrogen-bond donors (Lipinski definition) is 2. The quantitative estimate of drug-likeness (QED) is 0.647. The minimum atomic E-state index is -3.28. The molecule has 4 nitrogen and oxygen atoms in total. The number of thioether (sulfide) groups is 1. The van der Waals surface area contributed by atoms with Crippen molar-refractivity contribution in [2.75, 3.05) is 18.6 Å². The minimum Gasteiger partial charge on any atom is -0.316 e. The highest BCUT2D eigenvalue weighted by Crippen LogP contribution is 2.10. The van der Waals surface area contributed by atoms with Crippen LogP contribution in [0.15, 0.2) is 24.3 Å². The second-order valence-corrected chi connectivity index (χ2v) is 8.26. The van der Waals surface area contributed by atoms with Gasteiger partial charge in [-0.05, 0) is 43.0 Å². The Morgan fingerprint density at radius 2 is 2.00 bits per heavy atom. The Bertz CT molecular complexity index is 518. The third kappa shape index (κ3) is 7.85. The van der Waals surface area contributed by atoms with E-state index < -0.39 is 10.0 Å². The van der Waals surface area contributed by atoms with E-state index in [1.54, 1.807) is 0 Å². The van der Waals surface area contributed by atoms with Crippen LogP contribution in [-0.2, 0) is 22.3 Å². The van der Waals surface area contributed by atoms with Crippen molar-refractivity contribution >= 4 is 21.8 Å². The molecule has 1 aromatic carbocycles. The zero-order valence-corrected chi connectivity index (χ0v) is 14.7. The van der Waals surface area contributed by atoms with Crippen molar-refractivity contribution in [2.45, 2.75) is 38.6 Å². The second-order valence-electron chi connectivity index (χ2n) is 5.11. The summed E-state index contributed by atoms with van der Waals surface area (Å²) in [6.45, 7) is 4.77. The lowest BCUT2D eigenvalue weighted by Gasteiger charge is -2.14. The monoisotopic (exact) mass is 330 g/mol. The molecule has 0 aliphatic heterocycles. The highest BCUT2D eigenvalue weighted by molar-refractivity contribution is 7.99. The lowest BCUT2D eigenvalue weighted by molar-refractivity contribution is 0.556. The normalized spacial score (nSPS) is 13.3. The zero-order chi connectivity index (χ0) is 15.7. The van der Waals surface area contributed by atoms with Gasteiger partial charge in [0.05, 0.1) is 5.75 Å². The van der Waals surface area contributed by atoms with Crippen molar-refractivity contribution in [2.24, 2.45) is 0 Å². The maximum atomic E-state index is 12.2. The van der Waals surface area contributed by atoms with Gasteiger partial charge in [-0.1, -0.05) is 31.2 Å². The Morgan fingerprint density at radius 3 is 2.67 bits per heavy atom. The van der Waals surface area contributed by atoms with Gasteiger partial charge < -0.3 is 5.32 Å². The average molecular weight is 331 g/mol. The summed E-state index contributed by atoms with van der Waals surface area (Å²) in [5.41, 5.74) is 1.92. The maximum absolute atomic E-state index is 12.2. The maximum Gasteiger partial charge on any atom is 0.216 e. The molecule has 2 N–H and O–H groups in total. The molecule has 1 rings (SSSR count). The predicted octanol–water partition coefficient (Wildman–Crippen LogP) is 2.36. The molecule has 0 amide bonds. The third-order valence-electron chi connectivity index (χ3n) is 3.01. The smallest absolute Gasteiger partial charge is 0.216 e. The molecule has 0 heterocycles. The van der Waals surface area contributed by atoms with Crippen molar-refractivity contribution in [3.63, 3.8) is 0 Å². The number of benzene rings is 1. The Hall–Kier alpha value is -0.560. The van der Waals surface area contributed by atoms with Crippen molar-refractivity contribution in [1.82, 2.24) is 10.0 Å². The fourth-order valence-electron chi connectivity index (χ4n) is 2.06. The van der Waals surface area contributed by atoms with Crippen molar-refractivity contribution < 1.29 is 8.42 Å². The second kappa shape index (κ2) is 9.46. The molecule has 6 heteroatoms. The Kier molecular flexibility index (Phi) is 8.33. The molecule has 0 fully saturated rings. The van der Waals surface area contributed by atoms with Crippen molar-refractivity contribution in [3.8, 4) is 0 Å². The highest BCUT2D eigenvalue weighted by atomic mass is 32.2. The Labute approximate surface area is 133 Å². The summed E-state index contributed by atoms with van der Waals surface area (Å²) < 4.78 is 27.1. The van der Waals surface area contributed by atoms with Crippen molar-refractivity contribution in [1.29, 1.82) is 0 Å².